The van der Waals surface area contributed by atoms with E-state index in [4.69, 9.17) is 4.74 Å². The Kier molecular flexibility index (Phi) is 3.58. The number of Topliss-reactive ketones (excluding diaryl/α,β-unsaturated/α-hetero) is 1. The van der Waals surface area contributed by atoms with Gasteiger partial charge in [-0.3, -0.25) is 9.48 Å². The lowest BCUT2D eigenvalue weighted by Crippen LogP contribution is -2.04. The van der Waals surface area contributed by atoms with Crippen LogP contribution in [0.5, 0.6) is 5.75 Å². The largest absolute Gasteiger partial charge is 0.495 e. The Morgan fingerprint density at radius 2 is 2.35 bits per heavy atom. The molecule has 0 saturated carbocycles. The Morgan fingerprint density at radius 1 is 1.53 bits per heavy atom. The summed E-state index contributed by atoms with van der Waals surface area (Å²) in [6.07, 6.45) is 2.93. The van der Waals surface area contributed by atoms with E-state index < -0.39 is 0 Å². The third-order valence-electron chi connectivity index (χ3n) is 2.63. The zero-order chi connectivity index (χ0) is 12.3. The van der Waals surface area contributed by atoms with E-state index in [1.165, 1.54) is 11.3 Å². The Morgan fingerprint density at radius 3 is 3.00 bits per heavy atom. The average molecular weight is 250 g/mol. The van der Waals surface area contributed by atoms with E-state index >= 15 is 0 Å². The van der Waals surface area contributed by atoms with Crippen molar-refractivity contribution in [1.82, 2.24) is 9.78 Å². The maximum Gasteiger partial charge on any atom is 0.176 e. The van der Waals surface area contributed by atoms with Gasteiger partial charge < -0.3 is 4.74 Å². The number of carbonyl (C=O) groups excluding carboxylic acids is 1. The monoisotopic (exact) mass is 250 g/mol. The minimum Gasteiger partial charge on any atom is -0.495 e. The van der Waals surface area contributed by atoms with Gasteiger partial charge in [0.25, 0.3) is 0 Å². The topological polar surface area (TPSA) is 44.1 Å². The van der Waals surface area contributed by atoms with Crippen LogP contribution in [0.25, 0.3) is 0 Å². The van der Waals surface area contributed by atoms with Gasteiger partial charge in [0.2, 0.25) is 0 Å². The van der Waals surface area contributed by atoms with Crippen LogP contribution in [-0.4, -0.2) is 22.7 Å². The molecule has 90 valence electrons. The molecule has 5 heteroatoms. The van der Waals surface area contributed by atoms with Crippen molar-refractivity contribution in [2.24, 2.45) is 7.05 Å². The third kappa shape index (κ3) is 2.55. The summed E-state index contributed by atoms with van der Waals surface area (Å²) in [5.74, 6) is 0.794. The van der Waals surface area contributed by atoms with Crippen LogP contribution in [0, 0.1) is 0 Å². The molecule has 0 saturated heterocycles. The Balaban J connectivity index is 2.01. The molecule has 0 aromatic carbocycles. The molecule has 0 bridgehead atoms. The molecule has 2 rings (SSSR count). The van der Waals surface area contributed by atoms with Crippen LogP contribution in [-0.2, 0) is 13.5 Å². The number of hydrogen-bond donors (Lipinski definition) is 0. The summed E-state index contributed by atoms with van der Waals surface area (Å²) in [5.41, 5.74) is 1.06. The summed E-state index contributed by atoms with van der Waals surface area (Å²) in [6, 6.07) is 3.75. The summed E-state index contributed by atoms with van der Waals surface area (Å²) in [6.45, 7) is 0. The van der Waals surface area contributed by atoms with Gasteiger partial charge in [-0.1, -0.05) is 0 Å². The van der Waals surface area contributed by atoms with E-state index in [0.29, 0.717) is 23.5 Å². The number of methoxy groups -OCH3 is 1. The summed E-state index contributed by atoms with van der Waals surface area (Å²) >= 11 is 1.43. The van der Waals surface area contributed by atoms with Crippen molar-refractivity contribution >= 4 is 17.1 Å². The zero-order valence-electron chi connectivity index (χ0n) is 9.84. The number of nitrogens with zero attached hydrogens (tertiary/aromatic N) is 2. The van der Waals surface area contributed by atoms with Crippen LogP contribution >= 0.6 is 11.3 Å². The summed E-state index contributed by atoms with van der Waals surface area (Å²) in [4.78, 5) is 12.7. The van der Waals surface area contributed by atoms with Gasteiger partial charge in [-0.25, -0.2) is 0 Å². The first kappa shape index (κ1) is 11.9. The highest BCUT2D eigenvalue weighted by Crippen LogP contribution is 2.26. The van der Waals surface area contributed by atoms with E-state index in [-0.39, 0.29) is 5.78 Å². The number of aryl methyl sites for hydroxylation is 2. The second kappa shape index (κ2) is 5.14. The molecule has 2 aromatic rings. The quantitative estimate of drug-likeness (QED) is 0.765. The molecule has 2 heterocycles. The summed E-state index contributed by atoms with van der Waals surface area (Å²) in [5, 5.41) is 5.95. The first-order chi connectivity index (χ1) is 8.22. The smallest absolute Gasteiger partial charge is 0.176 e. The van der Waals surface area contributed by atoms with E-state index in [1.54, 1.807) is 18.0 Å². The summed E-state index contributed by atoms with van der Waals surface area (Å²) < 4.78 is 6.93. The van der Waals surface area contributed by atoms with Crippen LogP contribution in [0.3, 0.4) is 0 Å². The molecular weight excluding hydrogens is 236 g/mol. The van der Waals surface area contributed by atoms with Crippen molar-refractivity contribution in [2.45, 2.75) is 12.8 Å². The van der Waals surface area contributed by atoms with Gasteiger partial charge in [-0.15, -0.1) is 11.3 Å². The highest BCUT2D eigenvalue weighted by atomic mass is 32.1. The first-order valence-electron chi connectivity index (χ1n) is 5.34. The van der Waals surface area contributed by atoms with Crippen molar-refractivity contribution in [1.29, 1.82) is 0 Å². The normalized spacial score (nSPS) is 10.5. The Bertz CT molecular complexity index is 516. The predicted octanol–water partition coefficient (Wildman–Crippen LogP) is 2.31. The Hall–Kier alpha value is -1.62. The molecule has 0 radical (unpaired) electrons. The molecule has 4 nitrogen and oxygen atoms in total. The highest BCUT2D eigenvalue weighted by molar-refractivity contribution is 7.12. The minimum absolute atomic E-state index is 0.123. The van der Waals surface area contributed by atoms with E-state index in [0.717, 1.165) is 5.69 Å². The van der Waals surface area contributed by atoms with Gasteiger partial charge in [-0.2, -0.15) is 5.10 Å². The molecule has 17 heavy (non-hydrogen) atoms. The second-order valence-corrected chi connectivity index (χ2v) is 4.60. The number of ether oxygens (including phenoxy) is 1. The maximum absolute atomic E-state index is 12.0. The maximum atomic E-state index is 12.0. The highest BCUT2D eigenvalue weighted by Gasteiger charge is 2.14. The van der Waals surface area contributed by atoms with E-state index in [9.17, 15) is 4.79 Å². The standard InChI is InChI=1S/C12H14N2O2S/c1-14-9(5-7-13-14)3-4-10(15)12-11(16-2)6-8-17-12/h5-8H,3-4H2,1-2H3. The molecule has 0 atom stereocenters. The second-order valence-electron chi connectivity index (χ2n) is 3.69. The zero-order valence-corrected chi connectivity index (χ0v) is 10.7. The lowest BCUT2D eigenvalue weighted by molar-refractivity contribution is 0.0983. The first-order valence-corrected chi connectivity index (χ1v) is 6.22. The van der Waals surface area contributed by atoms with Crippen LogP contribution in [0.15, 0.2) is 23.7 Å². The van der Waals surface area contributed by atoms with Gasteiger partial charge in [-0.05, 0) is 23.9 Å². The average Bonchev–Trinajstić information content (AvgIpc) is 2.94. The minimum atomic E-state index is 0.123. The molecule has 0 amide bonds. The molecule has 0 N–H and O–H groups in total. The van der Waals surface area contributed by atoms with E-state index in [2.05, 4.69) is 5.10 Å². The number of ketones is 1. The van der Waals surface area contributed by atoms with Crippen molar-refractivity contribution in [3.63, 3.8) is 0 Å². The number of aromatic nitrogens is 2. The van der Waals surface area contributed by atoms with Gasteiger partial charge >= 0.3 is 0 Å². The number of thiophene rings is 1. The molecule has 0 spiro atoms. The van der Waals surface area contributed by atoms with Crippen LogP contribution in [0.2, 0.25) is 0 Å². The van der Waals surface area contributed by atoms with Gasteiger partial charge in [0, 0.05) is 25.4 Å². The fraction of sp³-hybridized carbons (Fsp3) is 0.333. The van der Waals surface area contributed by atoms with E-state index in [1.807, 2.05) is 24.6 Å². The van der Waals surface area contributed by atoms with Crippen LogP contribution in [0.4, 0.5) is 0 Å². The molecule has 0 unspecified atom stereocenters. The van der Waals surface area contributed by atoms with Crippen LogP contribution in [0.1, 0.15) is 21.8 Å². The SMILES string of the molecule is COc1ccsc1C(=O)CCc1ccnn1C. The van der Waals surface area contributed by atoms with Gasteiger partial charge in [0.15, 0.2) is 5.78 Å². The van der Waals surface area contributed by atoms with Crippen molar-refractivity contribution in [2.75, 3.05) is 7.11 Å². The van der Waals surface area contributed by atoms with Crippen molar-refractivity contribution < 1.29 is 9.53 Å². The number of hydrogen-bond acceptors (Lipinski definition) is 4. The molecule has 0 aliphatic carbocycles. The van der Waals surface area contributed by atoms with Gasteiger partial charge in [0.05, 0.1) is 7.11 Å². The lowest BCUT2D eigenvalue weighted by Gasteiger charge is -2.02. The molecular formula is C12H14N2O2S. The molecule has 0 fully saturated rings. The van der Waals surface area contributed by atoms with Gasteiger partial charge in [0.1, 0.15) is 10.6 Å². The fourth-order valence-electron chi connectivity index (χ4n) is 1.66. The molecule has 0 aliphatic rings. The Labute approximate surface area is 104 Å². The van der Waals surface area contributed by atoms with Crippen molar-refractivity contribution in [3.8, 4) is 5.75 Å². The summed E-state index contributed by atoms with van der Waals surface area (Å²) in [7, 11) is 3.46. The fourth-order valence-corrected chi connectivity index (χ4v) is 2.49. The van der Waals surface area contributed by atoms with Crippen LogP contribution < -0.4 is 4.74 Å². The lowest BCUT2D eigenvalue weighted by atomic mass is 10.1. The van der Waals surface area contributed by atoms with Crippen molar-refractivity contribution in [3.05, 3.63) is 34.3 Å². The number of rotatable bonds is 5. The predicted molar refractivity (Wildman–Crippen MR) is 66.7 cm³/mol. The number of carbonyl (C=O) groups is 1. The molecule has 2 aromatic heterocycles. The third-order valence-corrected chi connectivity index (χ3v) is 3.57. The molecule has 0 aliphatic heterocycles.